The molecule has 1 amide bonds. The second kappa shape index (κ2) is 6.46. The van der Waals surface area contributed by atoms with E-state index in [0.717, 1.165) is 5.56 Å². The van der Waals surface area contributed by atoms with E-state index in [0.29, 0.717) is 5.89 Å². The zero-order valence-corrected chi connectivity index (χ0v) is 10.8. The van der Waals surface area contributed by atoms with Crippen LogP contribution in [0.1, 0.15) is 13.3 Å². The Morgan fingerprint density at radius 3 is 2.70 bits per heavy atom. The predicted octanol–water partition coefficient (Wildman–Crippen LogP) is 1.63. The highest BCUT2D eigenvalue weighted by atomic mass is 16.5. The summed E-state index contributed by atoms with van der Waals surface area (Å²) >= 11 is 0. The smallest absolute Gasteiger partial charge is 0.322 e. The summed E-state index contributed by atoms with van der Waals surface area (Å²) in [6.45, 7) is 1.26. The number of aromatic nitrogens is 2. The van der Waals surface area contributed by atoms with E-state index in [9.17, 15) is 9.59 Å². The van der Waals surface area contributed by atoms with Crippen molar-refractivity contribution in [2.45, 2.75) is 13.3 Å². The van der Waals surface area contributed by atoms with Gasteiger partial charge in [0.1, 0.15) is 0 Å². The molecule has 1 aromatic heterocycles. The minimum absolute atomic E-state index is 0.0404. The van der Waals surface area contributed by atoms with Crippen LogP contribution in [0, 0.1) is 0 Å². The molecule has 0 radical (unpaired) electrons. The number of nitrogens with zero attached hydrogens (tertiary/aromatic N) is 2. The van der Waals surface area contributed by atoms with Crippen molar-refractivity contribution in [3.05, 3.63) is 30.3 Å². The van der Waals surface area contributed by atoms with Crippen molar-refractivity contribution in [1.82, 2.24) is 10.2 Å². The Bertz CT molecular complexity index is 595. The maximum Gasteiger partial charge on any atom is 0.322 e. The van der Waals surface area contributed by atoms with Crippen LogP contribution in [-0.2, 0) is 14.3 Å². The number of carbonyl (C=O) groups is 2. The molecule has 0 spiro atoms. The minimum atomic E-state index is -0.532. The summed E-state index contributed by atoms with van der Waals surface area (Å²) in [4.78, 5) is 22.4. The van der Waals surface area contributed by atoms with E-state index < -0.39 is 11.9 Å². The fourth-order valence-electron chi connectivity index (χ4n) is 1.37. The third kappa shape index (κ3) is 3.64. The molecule has 1 N–H and O–H groups in total. The van der Waals surface area contributed by atoms with Crippen molar-refractivity contribution in [3.63, 3.8) is 0 Å². The second-order valence-corrected chi connectivity index (χ2v) is 3.84. The van der Waals surface area contributed by atoms with Gasteiger partial charge < -0.3 is 9.15 Å². The monoisotopic (exact) mass is 275 g/mol. The second-order valence-electron chi connectivity index (χ2n) is 3.84. The molecule has 7 nitrogen and oxygen atoms in total. The number of carbonyl (C=O) groups excluding carboxylic acids is 2. The van der Waals surface area contributed by atoms with Crippen molar-refractivity contribution >= 4 is 17.9 Å². The Morgan fingerprint density at radius 1 is 1.25 bits per heavy atom. The summed E-state index contributed by atoms with van der Waals surface area (Å²) in [5.74, 6) is -0.683. The van der Waals surface area contributed by atoms with E-state index in [-0.39, 0.29) is 19.0 Å². The first-order valence-electron chi connectivity index (χ1n) is 6.03. The predicted molar refractivity (Wildman–Crippen MR) is 69.6 cm³/mol. The number of nitrogens with one attached hydrogen (secondary N) is 1. The molecule has 0 fully saturated rings. The zero-order valence-electron chi connectivity index (χ0n) is 10.8. The van der Waals surface area contributed by atoms with Crippen molar-refractivity contribution < 1.29 is 18.7 Å². The number of hydrogen-bond donors (Lipinski definition) is 1. The largest absolute Gasteiger partial charge is 0.456 e. The fourth-order valence-corrected chi connectivity index (χ4v) is 1.37. The molecular formula is C13H13N3O4. The van der Waals surface area contributed by atoms with Gasteiger partial charge in [0.05, 0.1) is 0 Å². The first-order valence-corrected chi connectivity index (χ1v) is 6.03. The van der Waals surface area contributed by atoms with E-state index in [4.69, 9.17) is 4.42 Å². The topological polar surface area (TPSA) is 94.3 Å². The lowest BCUT2D eigenvalue weighted by molar-refractivity contribution is -0.146. The van der Waals surface area contributed by atoms with Crippen molar-refractivity contribution in [3.8, 4) is 11.5 Å². The van der Waals surface area contributed by atoms with Gasteiger partial charge in [0.15, 0.2) is 6.61 Å². The maximum atomic E-state index is 11.5. The quantitative estimate of drug-likeness (QED) is 0.833. The number of anilines is 1. The molecule has 0 bridgehead atoms. The van der Waals surface area contributed by atoms with Crippen molar-refractivity contribution in [1.29, 1.82) is 0 Å². The van der Waals surface area contributed by atoms with E-state index >= 15 is 0 Å². The number of amides is 1. The zero-order chi connectivity index (χ0) is 14.4. The average molecular weight is 275 g/mol. The molecule has 0 aliphatic rings. The van der Waals surface area contributed by atoms with Gasteiger partial charge in [-0.3, -0.25) is 14.9 Å². The molecule has 7 heteroatoms. The Labute approximate surface area is 115 Å². The van der Waals surface area contributed by atoms with Crippen LogP contribution in [0.3, 0.4) is 0 Å². The van der Waals surface area contributed by atoms with Gasteiger partial charge in [-0.15, -0.1) is 5.10 Å². The third-order valence-electron chi connectivity index (χ3n) is 2.35. The lowest BCUT2D eigenvalue weighted by atomic mass is 10.2. The molecule has 1 aromatic carbocycles. The third-order valence-corrected chi connectivity index (χ3v) is 2.35. The molecule has 0 unspecified atom stereocenters. The first kappa shape index (κ1) is 13.7. The molecular weight excluding hydrogens is 262 g/mol. The van der Waals surface area contributed by atoms with Crippen molar-refractivity contribution in [2.24, 2.45) is 0 Å². The molecule has 1 heterocycles. The van der Waals surface area contributed by atoms with Gasteiger partial charge in [0, 0.05) is 12.0 Å². The molecule has 0 aliphatic heterocycles. The summed E-state index contributed by atoms with van der Waals surface area (Å²) in [6.07, 6.45) is 0.214. The van der Waals surface area contributed by atoms with Gasteiger partial charge >= 0.3 is 12.0 Å². The van der Waals surface area contributed by atoms with Crippen LogP contribution in [-0.4, -0.2) is 28.7 Å². The molecule has 20 heavy (non-hydrogen) atoms. The summed E-state index contributed by atoms with van der Waals surface area (Å²) in [6, 6.07) is 9.11. The van der Waals surface area contributed by atoms with Crippen LogP contribution in [0.4, 0.5) is 6.01 Å². The molecule has 0 saturated heterocycles. The summed E-state index contributed by atoms with van der Waals surface area (Å²) < 4.78 is 9.95. The van der Waals surface area contributed by atoms with Crippen molar-refractivity contribution in [2.75, 3.05) is 11.9 Å². The molecule has 0 atom stereocenters. The van der Waals surface area contributed by atoms with Crippen LogP contribution in [0.5, 0.6) is 0 Å². The van der Waals surface area contributed by atoms with Gasteiger partial charge in [-0.25, -0.2) is 0 Å². The van der Waals surface area contributed by atoms with Gasteiger partial charge in [-0.05, 0) is 12.1 Å². The van der Waals surface area contributed by atoms with Crippen LogP contribution < -0.4 is 5.32 Å². The van der Waals surface area contributed by atoms with E-state index in [2.05, 4.69) is 20.3 Å². The standard InChI is InChI=1S/C13H13N3O4/c1-2-11(18)19-8-10(17)14-13-16-15-12(20-13)9-6-4-3-5-7-9/h3-7H,2,8H2,1H3,(H,14,16,17). The first-order chi connectivity index (χ1) is 9.69. The number of ether oxygens (including phenoxy) is 1. The summed E-state index contributed by atoms with van der Waals surface area (Å²) in [7, 11) is 0. The minimum Gasteiger partial charge on any atom is -0.456 e. The Morgan fingerprint density at radius 2 is 2.00 bits per heavy atom. The fraction of sp³-hybridized carbons (Fsp3) is 0.231. The Hall–Kier alpha value is -2.70. The maximum absolute atomic E-state index is 11.5. The van der Waals surface area contributed by atoms with Crippen LogP contribution in [0.25, 0.3) is 11.5 Å². The van der Waals surface area contributed by atoms with E-state index in [1.54, 1.807) is 6.92 Å². The molecule has 2 aromatic rings. The van der Waals surface area contributed by atoms with Gasteiger partial charge in [-0.1, -0.05) is 30.2 Å². The van der Waals surface area contributed by atoms with Crippen LogP contribution in [0.15, 0.2) is 34.7 Å². The van der Waals surface area contributed by atoms with E-state index in [1.165, 1.54) is 0 Å². The number of benzene rings is 1. The highest BCUT2D eigenvalue weighted by molar-refractivity contribution is 5.90. The number of hydrogen-bond acceptors (Lipinski definition) is 6. The number of rotatable bonds is 5. The van der Waals surface area contributed by atoms with E-state index in [1.807, 2.05) is 30.3 Å². The van der Waals surface area contributed by atoms with Gasteiger partial charge in [0.25, 0.3) is 5.91 Å². The molecule has 104 valence electrons. The molecule has 0 saturated carbocycles. The normalized spacial score (nSPS) is 10.1. The van der Waals surface area contributed by atoms with Crippen LogP contribution in [0.2, 0.25) is 0 Å². The Kier molecular flexibility index (Phi) is 4.43. The van der Waals surface area contributed by atoms with Gasteiger partial charge in [-0.2, -0.15) is 0 Å². The lowest BCUT2D eigenvalue weighted by Gasteiger charge is -2.01. The van der Waals surface area contributed by atoms with Gasteiger partial charge in [0.2, 0.25) is 5.89 Å². The summed E-state index contributed by atoms with van der Waals surface area (Å²) in [5, 5.41) is 9.86. The lowest BCUT2D eigenvalue weighted by Crippen LogP contribution is -2.20. The SMILES string of the molecule is CCC(=O)OCC(=O)Nc1nnc(-c2ccccc2)o1. The average Bonchev–Trinajstić information content (AvgIpc) is 2.94. The number of esters is 1. The molecule has 0 aliphatic carbocycles. The summed E-state index contributed by atoms with van der Waals surface area (Å²) in [5.41, 5.74) is 0.748. The highest BCUT2D eigenvalue weighted by Crippen LogP contribution is 2.18. The highest BCUT2D eigenvalue weighted by Gasteiger charge is 2.12. The Balaban J connectivity index is 1.93. The molecule has 2 rings (SSSR count). The van der Waals surface area contributed by atoms with Crippen LogP contribution >= 0.6 is 0 Å².